The number of fused-ring (bicyclic) bond motifs is 2. The normalized spacial score (nSPS) is 22.7. The number of carbonyl (C=O) groups is 1. The number of hydrogen-bond donors (Lipinski definition) is 1. The molecule has 1 aliphatic carbocycles. The number of sulfonamides is 1. The maximum atomic E-state index is 15.3. The quantitative estimate of drug-likeness (QED) is 0.412. The van der Waals surface area contributed by atoms with Crippen LogP contribution in [0.5, 0.6) is 5.75 Å². The molecule has 0 radical (unpaired) electrons. The van der Waals surface area contributed by atoms with Crippen LogP contribution < -0.4 is 14.4 Å². The minimum atomic E-state index is -3.96. The summed E-state index contributed by atoms with van der Waals surface area (Å²) in [5, 5.41) is 3.19. The SMILES string of the molecule is CCOc1cc(-c2c(F)cc(F)cc2F)c2c(N3CC[C@H]4N(C[C@@H](NS(=O)(=O)C5CC5)C4(F)F)C3=O)noc2c1. The van der Waals surface area contributed by atoms with Crippen LogP contribution in [0.2, 0.25) is 0 Å². The third kappa shape index (κ3) is 4.26. The van der Waals surface area contributed by atoms with E-state index in [9.17, 15) is 26.4 Å². The smallest absolute Gasteiger partial charge is 0.326 e. The molecular formula is C25H23F5N4O5S. The molecule has 6 rings (SSSR count). The number of carbonyl (C=O) groups excluding carboxylic acids is 1. The summed E-state index contributed by atoms with van der Waals surface area (Å²) in [4.78, 5) is 15.4. The zero-order chi connectivity index (χ0) is 28.6. The van der Waals surface area contributed by atoms with Gasteiger partial charge in [-0.2, -0.15) is 0 Å². The van der Waals surface area contributed by atoms with Crippen LogP contribution in [0.15, 0.2) is 28.8 Å². The molecule has 9 nitrogen and oxygen atoms in total. The van der Waals surface area contributed by atoms with Gasteiger partial charge in [0.1, 0.15) is 35.3 Å². The lowest BCUT2D eigenvalue weighted by Crippen LogP contribution is -2.56. The first-order chi connectivity index (χ1) is 18.9. The van der Waals surface area contributed by atoms with Gasteiger partial charge in [0.2, 0.25) is 10.0 Å². The highest BCUT2D eigenvalue weighted by molar-refractivity contribution is 7.90. The van der Waals surface area contributed by atoms with Crippen molar-refractivity contribution in [1.29, 1.82) is 0 Å². The molecule has 40 heavy (non-hydrogen) atoms. The fourth-order valence-corrected chi connectivity index (χ4v) is 6.97. The van der Waals surface area contributed by atoms with Crippen LogP contribution in [0.1, 0.15) is 26.2 Å². The lowest BCUT2D eigenvalue weighted by Gasteiger charge is -2.37. The molecule has 3 aromatic rings. The van der Waals surface area contributed by atoms with Crippen molar-refractivity contribution in [3.05, 3.63) is 41.7 Å². The monoisotopic (exact) mass is 586 g/mol. The summed E-state index contributed by atoms with van der Waals surface area (Å²) in [6.45, 7) is 1.03. The topological polar surface area (TPSA) is 105 Å². The predicted molar refractivity (Wildman–Crippen MR) is 132 cm³/mol. The van der Waals surface area contributed by atoms with Gasteiger partial charge in [0.25, 0.3) is 5.92 Å². The number of hydrogen-bond acceptors (Lipinski definition) is 6. The summed E-state index contributed by atoms with van der Waals surface area (Å²) in [7, 11) is -3.96. The number of anilines is 1. The minimum absolute atomic E-state index is 0.0170. The van der Waals surface area contributed by atoms with Crippen LogP contribution >= 0.6 is 0 Å². The van der Waals surface area contributed by atoms with Crippen LogP contribution in [-0.4, -0.2) is 67.5 Å². The molecule has 0 unspecified atom stereocenters. The van der Waals surface area contributed by atoms with Crippen molar-refractivity contribution in [3.63, 3.8) is 0 Å². The maximum absolute atomic E-state index is 15.3. The third-order valence-corrected chi connectivity index (χ3v) is 9.37. The summed E-state index contributed by atoms with van der Waals surface area (Å²) in [6, 6.07) is -0.616. The predicted octanol–water partition coefficient (Wildman–Crippen LogP) is 4.41. The molecule has 3 heterocycles. The molecule has 1 aromatic heterocycles. The summed E-state index contributed by atoms with van der Waals surface area (Å²) in [5.41, 5.74) is -0.790. The van der Waals surface area contributed by atoms with Crippen molar-refractivity contribution in [1.82, 2.24) is 14.8 Å². The number of benzene rings is 2. The Hall–Kier alpha value is -3.46. The van der Waals surface area contributed by atoms with Gasteiger partial charge in [-0.15, -0.1) is 0 Å². The van der Waals surface area contributed by atoms with Gasteiger partial charge in [-0.1, -0.05) is 5.16 Å². The van der Waals surface area contributed by atoms with Crippen molar-refractivity contribution in [2.45, 2.75) is 49.4 Å². The molecule has 2 aromatic carbocycles. The molecular weight excluding hydrogens is 563 g/mol. The molecule has 3 aliphatic rings. The maximum Gasteiger partial charge on any atom is 0.326 e. The Balaban J connectivity index is 1.40. The highest BCUT2D eigenvalue weighted by atomic mass is 32.2. The molecule has 15 heteroatoms. The fourth-order valence-electron chi connectivity index (χ4n) is 5.39. The Morgan fingerprint density at radius 1 is 1.12 bits per heavy atom. The minimum Gasteiger partial charge on any atom is -0.494 e. The van der Waals surface area contributed by atoms with Crippen molar-refractivity contribution in [2.75, 3.05) is 24.6 Å². The van der Waals surface area contributed by atoms with E-state index in [1.54, 1.807) is 6.92 Å². The first-order valence-electron chi connectivity index (χ1n) is 12.6. The lowest BCUT2D eigenvalue weighted by molar-refractivity contribution is -0.0448. The molecule has 2 aliphatic heterocycles. The van der Waals surface area contributed by atoms with Crippen LogP contribution in [0.4, 0.5) is 32.6 Å². The van der Waals surface area contributed by atoms with E-state index in [-0.39, 0.29) is 47.7 Å². The molecule has 0 bridgehead atoms. The molecule has 0 spiro atoms. The van der Waals surface area contributed by atoms with Gasteiger partial charge in [-0.05, 0) is 32.3 Å². The molecule has 3 fully saturated rings. The number of alkyl halides is 2. The second-order valence-electron chi connectivity index (χ2n) is 10.0. The number of amides is 2. The molecule has 2 atom stereocenters. The Morgan fingerprint density at radius 3 is 2.48 bits per heavy atom. The average Bonchev–Trinajstić information content (AvgIpc) is 3.60. The first kappa shape index (κ1) is 26.7. The van der Waals surface area contributed by atoms with E-state index in [4.69, 9.17) is 9.26 Å². The Morgan fingerprint density at radius 2 is 1.82 bits per heavy atom. The summed E-state index contributed by atoms with van der Waals surface area (Å²) in [6.07, 6.45) is 0.519. The fraction of sp³-hybridized carbons (Fsp3) is 0.440. The third-order valence-electron chi connectivity index (χ3n) is 7.41. The Kier molecular flexibility index (Phi) is 6.22. The van der Waals surface area contributed by atoms with E-state index in [0.29, 0.717) is 25.0 Å². The van der Waals surface area contributed by atoms with E-state index in [1.807, 2.05) is 0 Å². The van der Waals surface area contributed by atoms with Gasteiger partial charge in [0.05, 0.1) is 22.8 Å². The van der Waals surface area contributed by atoms with Gasteiger partial charge < -0.3 is 14.2 Å². The summed E-state index contributed by atoms with van der Waals surface area (Å²) < 4.78 is 112. The number of nitrogens with one attached hydrogen (secondary N) is 1. The second kappa shape index (κ2) is 9.29. The van der Waals surface area contributed by atoms with Gasteiger partial charge in [0, 0.05) is 36.9 Å². The van der Waals surface area contributed by atoms with E-state index in [2.05, 4.69) is 9.88 Å². The first-order valence-corrected chi connectivity index (χ1v) is 14.1. The second-order valence-corrected chi connectivity index (χ2v) is 12.0. The zero-order valence-corrected chi connectivity index (χ0v) is 21.8. The largest absolute Gasteiger partial charge is 0.494 e. The van der Waals surface area contributed by atoms with Gasteiger partial charge in [-0.25, -0.2) is 39.9 Å². The average molecular weight is 587 g/mol. The van der Waals surface area contributed by atoms with E-state index >= 15 is 8.78 Å². The van der Waals surface area contributed by atoms with Gasteiger partial charge in [-0.3, -0.25) is 4.90 Å². The standard InChI is InChI=1S/C25H23F5N4O5S/c1-2-38-13-9-15(21-16(27)7-12(26)8-17(21)28)22-18(10-13)39-31-23(22)33-6-5-20-25(29,30)19(11-34(20)24(33)35)32-40(36,37)14-3-4-14/h7-10,14,19-20,32H,2-6,11H2,1H3/t19-,20-/m1/s1. The van der Waals surface area contributed by atoms with Gasteiger partial charge in [0.15, 0.2) is 11.4 Å². The molecule has 214 valence electrons. The van der Waals surface area contributed by atoms with Crippen LogP contribution in [0.25, 0.3) is 22.1 Å². The number of nitrogens with zero attached hydrogens (tertiary/aromatic N) is 3. The number of aromatic nitrogens is 1. The molecule has 1 N–H and O–H groups in total. The number of rotatable bonds is 7. The summed E-state index contributed by atoms with van der Waals surface area (Å²) in [5.74, 6) is -7.16. The number of urea groups is 1. The van der Waals surface area contributed by atoms with E-state index in [0.717, 1.165) is 9.80 Å². The highest BCUT2D eigenvalue weighted by Crippen LogP contribution is 2.45. The van der Waals surface area contributed by atoms with Crippen LogP contribution in [-0.2, 0) is 10.0 Å². The zero-order valence-electron chi connectivity index (χ0n) is 21.0. The summed E-state index contributed by atoms with van der Waals surface area (Å²) >= 11 is 0. The number of ether oxygens (including phenoxy) is 1. The van der Waals surface area contributed by atoms with Crippen molar-refractivity contribution >= 4 is 32.8 Å². The highest BCUT2D eigenvalue weighted by Gasteiger charge is 2.61. The van der Waals surface area contributed by atoms with Crippen molar-refractivity contribution < 1.29 is 44.4 Å². The lowest BCUT2D eigenvalue weighted by atomic mass is 9.99. The van der Waals surface area contributed by atoms with E-state index in [1.165, 1.54) is 12.1 Å². The molecule has 1 saturated carbocycles. The van der Waals surface area contributed by atoms with Crippen LogP contribution in [0, 0.1) is 17.5 Å². The molecule has 2 amide bonds. The van der Waals surface area contributed by atoms with Gasteiger partial charge >= 0.3 is 6.03 Å². The Bertz CT molecular complexity index is 1600. The molecule has 2 saturated heterocycles. The van der Waals surface area contributed by atoms with Crippen LogP contribution in [0.3, 0.4) is 0 Å². The van der Waals surface area contributed by atoms with Crippen molar-refractivity contribution in [2.24, 2.45) is 0 Å². The van der Waals surface area contributed by atoms with Crippen molar-refractivity contribution in [3.8, 4) is 16.9 Å². The Labute approximate surface area is 224 Å². The van der Waals surface area contributed by atoms with E-state index < -0.39 is 68.9 Å². The number of halogens is 5.